The van der Waals surface area contributed by atoms with E-state index in [4.69, 9.17) is 4.74 Å². The van der Waals surface area contributed by atoms with Gasteiger partial charge in [0.1, 0.15) is 11.5 Å². The van der Waals surface area contributed by atoms with Gasteiger partial charge in [-0.1, -0.05) is 30.3 Å². The number of aliphatic imine (C=N–C) groups is 1. The van der Waals surface area contributed by atoms with Gasteiger partial charge < -0.3 is 9.84 Å². The summed E-state index contributed by atoms with van der Waals surface area (Å²) in [6, 6.07) is 13.3. The number of nitrogens with zero attached hydrogens (tertiary/aromatic N) is 1. The van der Waals surface area contributed by atoms with Crippen LogP contribution in [-0.2, 0) is 0 Å². The van der Waals surface area contributed by atoms with Crippen molar-refractivity contribution in [3.8, 4) is 22.6 Å². The average Bonchev–Trinajstić information content (AvgIpc) is 2.42. The van der Waals surface area contributed by atoms with Crippen LogP contribution < -0.4 is 4.74 Å². The molecule has 0 aromatic heterocycles. The number of phenols is 1. The molecule has 0 heterocycles. The van der Waals surface area contributed by atoms with Gasteiger partial charge in [-0.15, -0.1) is 0 Å². The molecule has 2 aromatic rings. The lowest BCUT2D eigenvalue weighted by Gasteiger charge is -2.10. The second-order valence-corrected chi connectivity index (χ2v) is 3.87. The predicted octanol–water partition coefficient (Wildman–Crippen LogP) is 3.12. The van der Waals surface area contributed by atoms with Crippen LogP contribution in [0.15, 0.2) is 47.5 Å². The van der Waals surface area contributed by atoms with Crippen molar-refractivity contribution in [1.29, 1.82) is 0 Å². The van der Waals surface area contributed by atoms with E-state index in [0.29, 0.717) is 11.3 Å². The number of ether oxygens (including phenoxy) is 1. The SMILES string of the molecule is CN=Cc1cc(OC)cc(-c2ccccc2)c1O. The zero-order chi connectivity index (χ0) is 13.0. The summed E-state index contributed by atoms with van der Waals surface area (Å²) in [6.45, 7) is 0. The fourth-order valence-corrected chi connectivity index (χ4v) is 1.82. The number of rotatable bonds is 3. The number of phenolic OH excluding ortho intramolecular Hbond substituents is 1. The largest absolute Gasteiger partial charge is 0.507 e. The van der Waals surface area contributed by atoms with Gasteiger partial charge in [-0.3, -0.25) is 4.99 Å². The molecule has 0 radical (unpaired) electrons. The van der Waals surface area contributed by atoms with Crippen LogP contribution in [0.1, 0.15) is 5.56 Å². The molecule has 0 unspecified atom stereocenters. The number of methoxy groups -OCH3 is 1. The Hall–Kier alpha value is -2.29. The van der Waals surface area contributed by atoms with E-state index in [-0.39, 0.29) is 5.75 Å². The third kappa shape index (κ3) is 2.35. The van der Waals surface area contributed by atoms with E-state index < -0.39 is 0 Å². The molecular formula is C15H15NO2. The Kier molecular flexibility index (Phi) is 3.63. The highest BCUT2D eigenvalue weighted by Gasteiger charge is 2.10. The van der Waals surface area contributed by atoms with Crippen molar-refractivity contribution in [3.05, 3.63) is 48.0 Å². The third-order valence-corrected chi connectivity index (χ3v) is 2.70. The van der Waals surface area contributed by atoms with Gasteiger partial charge >= 0.3 is 0 Å². The molecule has 1 N–H and O–H groups in total. The molecule has 18 heavy (non-hydrogen) atoms. The van der Waals surface area contributed by atoms with Crippen LogP contribution in [0, 0.1) is 0 Å². The highest BCUT2D eigenvalue weighted by atomic mass is 16.5. The first-order chi connectivity index (χ1) is 8.76. The van der Waals surface area contributed by atoms with Gasteiger partial charge in [0.25, 0.3) is 0 Å². The molecule has 0 saturated heterocycles. The molecule has 0 atom stereocenters. The molecule has 0 aliphatic heterocycles. The van der Waals surface area contributed by atoms with Crippen molar-refractivity contribution in [3.63, 3.8) is 0 Å². The molecule has 2 aromatic carbocycles. The van der Waals surface area contributed by atoms with E-state index in [1.54, 1.807) is 26.4 Å². The highest BCUT2D eigenvalue weighted by molar-refractivity contribution is 5.89. The lowest BCUT2D eigenvalue weighted by molar-refractivity contribution is 0.412. The summed E-state index contributed by atoms with van der Waals surface area (Å²) in [4.78, 5) is 3.94. The van der Waals surface area contributed by atoms with Crippen LogP contribution in [-0.4, -0.2) is 25.5 Å². The molecule has 0 aliphatic rings. The first kappa shape index (κ1) is 12.2. The minimum absolute atomic E-state index is 0.215. The number of benzene rings is 2. The van der Waals surface area contributed by atoms with Crippen molar-refractivity contribution < 1.29 is 9.84 Å². The van der Waals surface area contributed by atoms with E-state index in [2.05, 4.69) is 4.99 Å². The first-order valence-corrected chi connectivity index (χ1v) is 5.65. The maximum Gasteiger partial charge on any atom is 0.132 e. The fourth-order valence-electron chi connectivity index (χ4n) is 1.82. The van der Waals surface area contributed by atoms with Gasteiger partial charge in [0.15, 0.2) is 0 Å². The van der Waals surface area contributed by atoms with E-state index in [1.165, 1.54) is 0 Å². The Morgan fingerprint density at radius 3 is 2.50 bits per heavy atom. The van der Waals surface area contributed by atoms with Crippen LogP contribution >= 0.6 is 0 Å². The van der Waals surface area contributed by atoms with Gasteiger partial charge in [0.05, 0.1) is 7.11 Å². The quantitative estimate of drug-likeness (QED) is 0.839. The summed E-state index contributed by atoms with van der Waals surface area (Å²) in [5, 5.41) is 10.2. The van der Waals surface area contributed by atoms with Crippen molar-refractivity contribution in [2.24, 2.45) is 4.99 Å². The topological polar surface area (TPSA) is 41.8 Å². The molecule has 0 bridgehead atoms. The lowest BCUT2D eigenvalue weighted by atomic mass is 10.0. The molecule has 92 valence electrons. The lowest BCUT2D eigenvalue weighted by Crippen LogP contribution is -1.91. The van der Waals surface area contributed by atoms with Crippen molar-refractivity contribution in [1.82, 2.24) is 0 Å². The van der Waals surface area contributed by atoms with Gasteiger partial charge in [0, 0.05) is 24.4 Å². The molecule has 3 heteroatoms. The zero-order valence-electron chi connectivity index (χ0n) is 10.4. The summed E-state index contributed by atoms with van der Waals surface area (Å²) >= 11 is 0. The maximum absolute atomic E-state index is 10.2. The maximum atomic E-state index is 10.2. The van der Waals surface area contributed by atoms with Gasteiger partial charge in [-0.05, 0) is 17.7 Å². The smallest absolute Gasteiger partial charge is 0.132 e. The van der Waals surface area contributed by atoms with Crippen LogP contribution in [0.25, 0.3) is 11.1 Å². The second kappa shape index (κ2) is 5.36. The van der Waals surface area contributed by atoms with E-state index in [9.17, 15) is 5.11 Å². The molecule has 0 fully saturated rings. The van der Waals surface area contributed by atoms with Crippen LogP contribution in [0.4, 0.5) is 0 Å². The number of hydrogen-bond acceptors (Lipinski definition) is 3. The second-order valence-electron chi connectivity index (χ2n) is 3.87. The standard InChI is InChI=1S/C15H15NO2/c1-16-10-12-8-13(18-2)9-14(15(12)17)11-6-4-3-5-7-11/h3-10,17H,1-2H3. The molecule has 0 saturated carbocycles. The van der Waals surface area contributed by atoms with Crippen molar-refractivity contribution in [2.45, 2.75) is 0 Å². The summed E-state index contributed by atoms with van der Waals surface area (Å²) in [6.07, 6.45) is 1.62. The van der Waals surface area contributed by atoms with E-state index in [1.807, 2.05) is 36.4 Å². The Bertz CT molecular complexity index is 562. The zero-order valence-corrected chi connectivity index (χ0v) is 10.4. The molecule has 0 spiro atoms. The van der Waals surface area contributed by atoms with Gasteiger partial charge in [-0.2, -0.15) is 0 Å². The van der Waals surface area contributed by atoms with Crippen LogP contribution in [0.3, 0.4) is 0 Å². The molecule has 0 amide bonds. The third-order valence-electron chi connectivity index (χ3n) is 2.70. The Morgan fingerprint density at radius 1 is 1.17 bits per heavy atom. The van der Waals surface area contributed by atoms with Crippen LogP contribution in [0.5, 0.6) is 11.5 Å². The summed E-state index contributed by atoms with van der Waals surface area (Å²) in [5.74, 6) is 0.911. The van der Waals surface area contributed by atoms with Gasteiger partial charge in [-0.25, -0.2) is 0 Å². The molecular weight excluding hydrogens is 226 g/mol. The fraction of sp³-hybridized carbons (Fsp3) is 0.133. The Morgan fingerprint density at radius 2 is 1.89 bits per heavy atom. The van der Waals surface area contributed by atoms with Crippen molar-refractivity contribution in [2.75, 3.05) is 14.2 Å². The van der Waals surface area contributed by atoms with E-state index in [0.717, 1.165) is 11.1 Å². The highest BCUT2D eigenvalue weighted by Crippen LogP contribution is 2.35. The Labute approximate surface area is 106 Å². The minimum atomic E-state index is 0.215. The predicted molar refractivity (Wildman–Crippen MR) is 73.6 cm³/mol. The minimum Gasteiger partial charge on any atom is -0.507 e. The normalized spacial score (nSPS) is 10.8. The van der Waals surface area contributed by atoms with Crippen LogP contribution in [0.2, 0.25) is 0 Å². The summed E-state index contributed by atoms with van der Waals surface area (Å²) < 4.78 is 5.25. The number of hydrogen-bond donors (Lipinski definition) is 1. The average molecular weight is 241 g/mol. The molecule has 2 rings (SSSR count). The summed E-state index contributed by atoms with van der Waals surface area (Å²) in [5.41, 5.74) is 2.33. The molecule has 3 nitrogen and oxygen atoms in total. The van der Waals surface area contributed by atoms with E-state index >= 15 is 0 Å². The summed E-state index contributed by atoms with van der Waals surface area (Å²) in [7, 11) is 3.27. The number of aromatic hydroxyl groups is 1. The Balaban J connectivity index is 2.63. The first-order valence-electron chi connectivity index (χ1n) is 5.65. The monoisotopic (exact) mass is 241 g/mol. The van der Waals surface area contributed by atoms with Crippen molar-refractivity contribution >= 4 is 6.21 Å². The van der Waals surface area contributed by atoms with Gasteiger partial charge in [0.2, 0.25) is 0 Å². The molecule has 0 aliphatic carbocycles.